The van der Waals surface area contributed by atoms with Gasteiger partial charge in [0.05, 0.1) is 5.56 Å². The highest BCUT2D eigenvalue weighted by molar-refractivity contribution is 5.29. The number of hydrogen-bond acceptors (Lipinski definition) is 2. The van der Waals surface area contributed by atoms with Gasteiger partial charge in [-0.25, -0.2) is 0 Å². The molecule has 0 heterocycles. The SMILES string of the molecule is CN(CCCO)Cc1ccccc1C(F)(F)F. The summed E-state index contributed by atoms with van der Waals surface area (Å²) in [7, 11) is 1.74. The van der Waals surface area contributed by atoms with Crippen LogP contribution in [0.5, 0.6) is 0 Å². The first-order valence-corrected chi connectivity index (χ1v) is 5.39. The summed E-state index contributed by atoms with van der Waals surface area (Å²) in [5.74, 6) is 0. The van der Waals surface area contributed by atoms with Crippen LogP contribution in [0.25, 0.3) is 0 Å². The Balaban J connectivity index is 2.77. The summed E-state index contributed by atoms with van der Waals surface area (Å²) in [5.41, 5.74) is -0.323. The van der Waals surface area contributed by atoms with Crippen molar-refractivity contribution in [3.8, 4) is 0 Å². The van der Waals surface area contributed by atoms with E-state index < -0.39 is 11.7 Å². The molecule has 17 heavy (non-hydrogen) atoms. The van der Waals surface area contributed by atoms with Crippen LogP contribution in [0.3, 0.4) is 0 Å². The minimum absolute atomic E-state index is 0.0469. The van der Waals surface area contributed by atoms with Crippen molar-refractivity contribution < 1.29 is 18.3 Å². The summed E-state index contributed by atoms with van der Waals surface area (Å²) >= 11 is 0. The second-order valence-corrected chi connectivity index (χ2v) is 3.97. The lowest BCUT2D eigenvalue weighted by molar-refractivity contribution is -0.138. The van der Waals surface area contributed by atoms with E-state index in [1.165, 1.54) is 12.1 Å². The van der Waals surface area contributed by atoms with Gasteiger partial charge in [-0.1, -0.05) is 18.2 Å². The van der Waals surface area contributed by atoms with Crippen LogP contribution in [0.1, 0.15) is 17.5 Å². The molecule has 1 aromatic carbocycles. The fourth-order valence-corrected chi connectivity index (χ4v) is 1.65. The largest absolute Gasteiger partial charge is 0.416 e. The van der Waals surface area contributed by atoms with Crippen molar-refractivity contribution in [2.45, 2.75) is 19.1 Å². The third-order valence-corrected chi connectivity index (χ3v) is 2.46. The van der Waals surface area contributed by atoms with Crippen LogP contribution in [0.4, 0.5) is 13.2 Å². The van der Waals surface area contributed by atoms with E-state index in [4.69, 9.17) is 5.11 Å². The van der Waals surface area contributed by atoms with Gasteiger partial charge in [0, 0.05) is 19.7 Å². The zero-order chi connectivity index (χ0) is 12.9. The summed E-state index contributed by atoms with van der Waals surface area (Å²) in [4.78, 5) is 1.76. The lowest BCUT2D eigenvalue weighted by Gasteiger charge is -2.19. The lowest BCUT2D eigenvalue weighted by Crippen LogP contribution is -2.22. The van der Waals surface area contributed by atoms with Gasteiger partial charge in [-0.05, 0) is 25.1 Å². The zero-order valence-electron chi connectivity index (χ0n) is 9.67. The molecule has 0 spiro atoms. The van der Waals surface area contributed by atoms with Crippen molar-refractivity contribution in [2.24, 2.45) is 0 Å². The molecule has 0 unspecified atom stereocenters. The molecule has 0 aliphatic heterocycles. The van der Waals surface area contributed by atoms with Gasteiger partial charge in [-0.15, -0.1) is 0 Å². The molecule has 96 valence electrons. The Morgan fingerprint density at radius 2 is 1.88 bits per heavy atom. The van der Waals surface area contributed by atoms with Crippen LogP contribution in [-0.4, -0.2) is 30.2 Å². The number of benzene rings is 1. The molecule has 1 rings (SSSR count). The minimum atomic E-state index is -4.31. The van der Waals surface area contributed by atoms with E-state index in [-0.39, 0.29) is 18.7 Å². The van der Waals surface area contributed by atoms with Crippen LogP contribution >= 0.6 is 0 Å². The number of halogens is 3. The van der Waals surface area contributed by atoms with Gasteiger partial charge in [-0.2, -0.15) is 13.2 Å². The Morgan fingerprint density at radius 3 is 2.47 bits per heavy atom. The highest BCUT2D eigenvalue weighted by atomic mass is 19.4. The number of nitrogens with zero attached hydrogens (tertiary/aromatic N) is 1. The smallest absolute Gasteiger partial charge is 0.396 e. The lowest BCUT2D eigenvalue weighted by atomic mass is 10.1. The van der Waals surface area contributed by atoms with Gasteiger partial charge < -0.3 is 10.0 Å². The summed E-state index contributed by atoms with van der Waals surface area (Å²) in [6.45, 7) is 0.851. The first-order chi connectivity index (χ1) is 7.95. The molecule has 0 saturated heterocycles. The maximum Gasteiger partial charge on any atom is 0.416 e. The van der Waals surface area contributed by atoms with Crippen LogP contribution in [0.2, 0.25) is 0 Å². The van der Waals surface area contributed by atoms with Crippen molar-refractivity contribution in [1.29, 1.82) is 0 Å². The van der Waals surface area contributed by atoms with Crippen LogP contribution < -0.4 is 0 Å². The Morgan fingerprint density at radius 1 is 1.24 bits per heavy atom. The van der Waals surface area contributed by atoms with Crippen molar-refractivity contribution in [3.05, 3.63) is 35.4 Å². The monoisotopic (exact) mass is 247 g/mol. The first kappa shape index (κ1) is 14.0. The molecular formula is C12H16F3NO. The van der Waals surface area contributed by atoms with E-state index in [1.54, 1.807) is 18.0 Å². The number of hydrogen-bond donors (Lipinski definition) is 1. The average Bonchev–Trinajstić information content (AvgIpc) is 2.25. The highest BCUT2D eigenvalue weighted by Gasteiger charge is 2.32. The van der Waals surface area contributed by atoms with Crippen LogP contribution in [-0.2, 0) is 12.7 Å². The molecule has 0 fully saturated rings. The molecule has 0 atom stereocenters. The molecular weight excluding hydrogens is 231 g/mol. The number of aliphatic hydroxyl groups excluding tert-OH is 1. The molecule has 0 bridgehead atoms. The van der Waals surface area contributed by atoms with E-state index in [2.05, 4.69) is 0 Å². The quantitative estimate of drug-likeness (QED) is 0.864. The molecule has 0 aromatic heterocycles. The Kier molecular flexibility index (Phi) is 4.96. The Hall–Kier alpha value is -1.07. The number of alkyl halides is 3. The van der Waals surface area contributed by atoms with Gasteiger partial charge in [0.1, 0.15) is 0 Å². The number of rotatable bonds is 5. The van der Waals surface area contributed by atoms with E-state index in [0.29, 0.717) is 13.0 Å². The van der Waals surface area contributed by atoms with Crippen molar-refractivity contribution in [2.75, 3.05) is 20.2 Å². The first-order valence-electron chi connectivity index (χ1n) is 5.39. The normalized spacial score (nSPS) is 12.1. The van der Waals surface area contributed by atoms with E-state index >= 15 is 0 Å². The minimum Gasteiger partial charge on any atom is -0.396 e. The molecule has 0 aliphatic rings. The predicted octanol–water partition coefficient (Wildman–Crippen LogP) is 2.52. The summed E-state index contributed by atoms with van der Waals surface area (Å²) < 4.78 is 38.1. The van der Waals surface area contributed by atoms with Crippen molar-refractivity contribution in [1.82, 2.24) is 4.90 Å². The summed E-state index contributed by atoms with van der Waals surface area (Å²) in [5, 5.41) is 8.66. The van der Waals surface area contributed by atoms with Crippen LogP contribution in [0.15, 0.2) is 24.3 Å². The highest BCUT2D eigenvalue weighted by Crippen LogP contribution is 2.32. The van der Waals surface area contributed by atoms with E-state index in [1.807, 2.05) is 0 Å². The number of aliphatic hydroxyl groups is 1. The second-order valence-electron chi connectivity index (χ2n) is 3.97. The predicted molar refractivity (Wildman–Crippen MR) is 59.5 cm³/mol. The van der Waals surface area contributed by atoms with Gasteiger partial charge in [-0.3, -0.25) is 0 Å². The maximum atomic E-state index is 12.7. The van der Waals surface area contributed by atoms with Gasteiger partial charge >= 0.3 is 6.18 Å². The van der Waals surface area contributed by atoms with Crippen molar-refractivity contribution in [3.63, 3.8) is 0 Å². The molecule has 0 amide bonds. The molecule has 0 saturated carbocycles. The van der Waals surface area contributed by atoms with E-state index in [9.17, 15) is 13.2 Å². The topological polar surface area (TPSA) is 23.5 Å². The van der Waals surface area contributed by atoms with E-state index in [0.717, 1.165) is 6.07 Å². The Bertz CT molecular complexity index is 352. The third kappa shape index (κ3) is 4.36. The van der Waals surface area contributed by atoms with Gasteiger partial charge in [0.2, 0.25) is 0 Å². The standard InChI is InChI=1S/C12H16F3NO/c1-16(7-4-8-17)9-10-5-2-3-6-11(10)12(13,14)15/h2-3,5-6,17H,4,7-9H2,1H3. The van der Waals surface area contributed by atoms with Gasteiger partial charge in [0.15, 0.2) is 0 Å². The zero-order valence-corrected chi connectivity index (χ0v) is 9.67. The third-order valence-electron chi connectivity index (χ3n) is 2.46. The molecule has 1 aromatic rings. The summed E-state index contributed by atoms with van der Waals surface area (Å²) in [6, 6.07) is 5.57. The summed E-state index contributed by atoms with van der Waals surface area (Å²) in [6.07, 6.45) is -3.75. The molecule has 5 heteroatoms. The second kappa shape index (κ2) is 6.02. The average molecular weight is 247 g/mol. The Labute approximate surface area is 98.7 Å². The molecule has 0 aliphatic carbocycles. The van der Waals surface area contributed by atoms with Gasteiger partial charge in [0.25, 0.3) is 0 Å². The fraction of sp³-hybridized carbons (Fsp3) is 0.500. The fourth-order valence-electron chi connectivity index (χ4n) is 1.65. The molecule has 0 radical (unpaired) electrons. The van der Waals surface area contributed by atoms with Crippen LogP contribution in [0, 0.1) is 0 Å². The maximum absolute atomic E-state index is 12.7. The molecule has 1 N–H and O–H groups in total. The van der Waals surface area contributed by atoms with Crippen molar-refractivity contribution >= 4 is 0 Å². The molecule has 2 nitrogen and oxygen atoms in total.